The molecule has 0 radical (unpaired) electrons. The quantitative estimate of drug-likeness (QED) is 0.809. The summed E-state index contributed by atoms with van der Waals surface area (Å²) < 4.78 is 0. The summed E-state index contributed by atoms with van der Waals surface area (Å²) >= 11 is 0. The highest BCUT2D eigenvalue weighted by Crippen LogP contribution is 2.44. The lowest BCUT2D eigenvalue weighted by atomic mass is 9.67. The summed E-state index contributed by atoms with van der Waals surface area (Å²) in [6.07, 6.45) is 7.51. The van der Waals surface area contributed by atoms with Gasteiger partial charge in [-0.15, -0.1) is 12.4 Å². The monoisotopic (exact) mass is 258 g/mol. The first-order chi connectivity index (χ1) is 7.81. The maximum absolute atomic E-state index is 12.4. The van der Waals surface area contributed by atoms with E-state index in [0.717, 1.165) is 32.0 Å². The highest BCUT2D eigenvalue weighted by molar-refractivity contribution is 5.85. The molecular weight excluding hydrogens is 236 g/mol. The summed E-state index contributed by atoms with van der Waals surface area (Å²) in [5, 5.41) is 6.63. The van der Waals surface area contributed by atoms with Gasteiger partial charge in [0.2, 0.25) is 5.91 Å². The smallest absolute Gasteiger partial charge is 0.227 e. The van der Waals surface area contributed by atoms with Gasteiger partial charge >= 0.3 is 0 Å². The molecule has 2 saturated carbocycles. The molecule has 1 aliphatic heterocycles. The van der Waals surface area contributed by atoms with Crippen LogP contribution < -0.4 is 10.6 Å². The lowest BCUT2D eigenvalue weighted by molar-refractivity contribution is -0.134. The van der Waals surface area contributed by atoms with E-state index < -0.39 is 0 Å². The molecule has 0 spiro atoms. The zero-order chi connectivity index (χ0) is 11.0. The van der Waals surface area contributed by atoms with Gasteiger partial charge in [0.05, 0.1) is 5.41 Å². The second-order valence-corrected chi connectivity index (χ2v) is 5.88. The number of carbonyl (C=O) groups is 1. The lowest BCUT2D eigenvalue weighted by Crippen LogP contribution is -2.48. The molecule has 2 atom stereocenters. The minimum Gasteiger partial charge on any atom is -0.355 e. The van der Waals surface area contributed by atoms with E-state index >= 15 is 0 Å². The molecule has 1 heterocycles. The number of halogens is 1. The number of hydrogen-bond acceptors (Lipinski definition) is 2. The normalized spacial score (nSPS) is 35.9. The first kappa shape index (κ1) is 13.2. The van der Waals surface area contributed by atoms with E-state index in [4.69, 9.17) is 0 Å². The Labute approximate surface area is 110 Å². The van der Waals surface area contributed by atoms with Crippen molar-refractivity contribution in [2.24, 2.45) is 17.3 Å². The van der Waals surface area contributed by atoms with Gasteiger partial charge in [-0.25, -0.2) is 0 Å². The molecule has 98 valence electrons. The van der Waals surface area contributed by atoms with Crippen molar-refractivity contribution in [1.29, 1.82) is 0 Å². The number of nitrogens with one attached hydrogen (secondary N) is 2. The van der Waals surface area contributed by atoms with Crippen molar-refractivity contribution in [3.8, 4) is 0 Å². The molecule has 0 bridgehead atoms. The standard InChI is InChI=1S/C13H22N2O.ClH/c16-12(15-7-10-4-5-10)13-6-2-1-3-11(13)8-14-9-13;/h10-11,14H,1-9H2,(H,15,16);1H/t11-,13+;/m0./s1. The Hall–Kier alpha value is -0.280. The van der Waals surface area contributed by atoms with Gasteiger partial charge in [0.15, 0.2) is 0 Å². The third kappa shape index (κ3) is 2.45. The average Bonchev–Trinajstić information content (AvgIpc) is 3.03. The van der Waals surface area contributed by atoms with Gasteiger partial charge < -0.3 is 10.6 Å². The van der Waals surface area contributed by atoms with Crippen LogP contribution in [0.2, 0.25) is 0 Å². The summed E-state index contributed by atoms with van der Waals surface area (Å²) in [6, 6.07) is 0. The minimum absolute atomic E-state index is 0. The Balaban J connectivity index is 0.00000108. The van der Waals surface area contributed by atoms with Crippen LogP contribution >= 0.6 is 12.4 Å². The van der Waals surface area contributed by atoms with Crippen molar-refractivity contribution in [3.63, 3.8) is 0 Å². The van der Waals surface area contributed by atoms with Gasteiger partial charge in [0, 0.05) is 13.1 Å². The van der Waals surface area contributed by atoms with Crippen LogP contribution in [0.1, 0.15) is 38.5 Å². The zero-order valence-electron chi connectivity index (χ0n) is 10.3. The summed E-state index contributed by atoms with van der Waals surface area (Å²) in [5.41, 5.74) is -0.0485. The molecule has 3 nitrogen and oxygen atoms in total. The Bertz CT molecular complexity index is 293. The van der Waals surface area contributed by atoms with Gasteiger partial charge in [0.25, 0.3) is 0 Å². The van der Waals surface area contributed by atoms with E-state index in [0.29, 0.717) is 11.8 Å². The molecule has 0 unspecified atom stereocenters. The average molecular weight is 259 g/mol. The molecule has 2 N–H and O–H groups in total. The van der Waals surface area contributed by atoms with Crippen molar-refractivity contribution in [2.75, 3.05) is 19.6 Å². The van der Waals surface area contributed by atoms with Gasteiger partial charge in [-0.2, -0.15) is 0 Å². The van der Waals surface area contributed by atoms with Crippen LogP contribution in [0.3, 0.4) is 0 Å². The third-order valence-electron chi connectivity index (χ3n) is 4.74. The summed E-state index contributed by atoms with van der Waals surface area (Å²) in [7, 11) is 0. The highest BCUT2D eigenvalue weighted by Gasteiger charge is 2.49. The van der Waals surface area contributed by atoms with Crippen molar-refractivity contribution in [3.05, 3.63) is 0 Å². The predicted octanol–water partition coefficient (Wildman–Crippen LogP) is 1.71. The Morgan fingerprint density at radius 3 is 2.88 bits per heavy atom. The van der Waals surface area contributed by atoms with Crippen molar-refractivity contribution in [1.82, 2.24) is 10.6 Å². The van der Waals surface area contributed by atoms with E-state index in [1.54, 1.807) is 0 Å². The number of carbonyl (C=O) groups excluding carboxylic acids is 1. The lowest BCUT2D eigenvalue weighted by Gasteiger charge is -2.37. The molecule has 4 heteroatoms. The third-order valence-corrected chi connectivity index (χ3v) is 4.74. The van der Waals surface area contributed by atoms with Crippen LogP contribution in [-0.4, -0.2) is 25.5 Å². The summed E-state index contributed by atoms with van der Waals surface area (Å²) in [4.78, 5) is 12.4. The minimum atomic E-state index is -0.0485. The van der Waals surface area contributed by atoms with Crippen LogP contribution in [0.5, 0.6) is 0 Å². The number of hydrogen-bond donors (Lipinski definition) is 2. The van der Waals surface area contributed by atoms with Crippen LogP contribution in [0.15, 0.2) is 0 Å². The van der Waals surface area contributed by atoms with Crippen molar-refractivity contribution < 1.29 is 4.79 Å². The Morgan fingerprint density at radius 2 is 2.12 bits per heavy atom. The first-order valence-corrected chi connectivity index (χ1v) is 6.80. The largest absolute Gasteiger partial charge is 0.355 e. The summed E-state index contributed by atoms with van der Waals surface area (Å²) in [6.45, 7) is 2.89. The fraction of sp³-hybridized carbons (Fsp3) is 0.923. The topological polar surface area (TPSA) is 41.1 Å². The fourth-order valence-corrected chi connectivity index (χ4v) is 3.43. The zero-order valence-corrected chi connectivity index (χ0v) is 11.2. The van der Waals surface area contributed by atoms with E-state index in [1.807, 2.05) is 0 Å². The molecule has 3 rings (SSSR count). The molecule has 17 heavy (non-hydrogen) atoms. The van der Waals surface area contributed by atoms with Gasteiger partial charge in [0.1, 0.15) is 0 Å². The van der Waals surface area contributed by atoms with Crippen molar-refractivity contribution >= 4 is 18.3 Å². The second-order valence-electron chi connectivity index (χ2n) is 5.88. The number of rotatable bonds is 3. The van der Waals surface area contributed by atoms with Gasteiger partial charge in [-0.05, 0) is 44.1 Å². The fourth-order valence-electron chi connectivity index (χ4n) is 3.43. The number of fused-ring (bicyclic) bond motifs is 1. The Morgan fingerprint density at radius 1 is 1.29 bits per heavy atom. The van der Waals surface area contributed by atoms with Crippen LogP contribution in [0.4, 0.5) is 0 Å². The van der Waals surface area contributed by atoms with Gasteiger partial charge in [-0.1, -0.05) is 12.8 Å². The van der Waals surface area contributed by atoms with Crippen LogP contribution in [0, 0.1) is 17.3 Å². The maximum Gasteiger partial charge on any atom is 0.227 e. The predicted molar refractivity (Wildman–Crippen MR) is 70.2 cm³/mol. The highest BCUT2D eigenvalue weighted by atomic mass is 35.5. The molecule has 2 aliphatic carbocycles. The SMILES string of the molecule is Cl.O=C(NCC1CC1)[C@@]12CCCC[C@H]1CNC2. The molecule has 0 aromatic heterocycles. The molecule has 0 aromatic carbocycles. The molecule has 1 amide bonds. The molecule has 3 fully saturated rings. The Kier molecular flexibility index (Phi) is 3.99. The van der Waals surface area contributed by atoms with Crippen LogP contribution in [-0.2, 0) is 4.79 Å². The van der Waals surface area contributed by atoms with E-state index in [9.17, 15) is 4.79 Å². The van der Waals surface area contributed by atoms with Crippen molar-refractivity contribution in [2.45, 2.75) is 38.5 Å². The number of amides is 1. The van der Waals surface area contributed by atoms with Crippen LogP contribution in [0.25, 0.3) is 0 Å². The molecular formula is C13H23ClN2O. The van der Waals surface area contributed by atoms with E-state index in [2.05, 4.69) is 10.6 Å². The molecule has 3 aliphatic rings. The maximum atomic E-state index is 12.4. The van der Waals surface area contributed by atoms with E-state index in [-0.39, 0.29) is 17.8 Å². The molecule has 1 saturated heterocycles. The van der Waals surface area contributed by atoms with E-state index in [1.165, 1.54) is 32.1 Å². The second kappa shape index (κ2) is 5.15. The first-order valence-electron chi connectivity index (χ1n) is 6.80. The summed E-state index contributed by atoms with van der Waals surface area (Å²) in [5.74, 6) is 1.73. The molecule has 0 aromatic rings. The van der Waals surface area contributed by atoms with Gasteiger partial charge in [-0.3, -0.25) is 4.79 Å².